The van der Waals surface area contributed by atoms with Crippen LogP contribution in [0.2, 0.25) is 0 Å². The van der Waals surface area contributed by atoms with Gasteiger partial charge in [-0.2, -0.15) is 0 Å². The zero-order valence-corrected chi connectivity index (χ0v) is 10.1. The average molecular weight is 215 g/mol. The van der Waals surface area contributed by atoms with E-state index >= 15 is 0 Å². The van der Waals surface area contributed by atoms with Crippen LogP contribution in [0.3, 0.4) is 0 Å². The molecule has 1 aliphatic carbocycles. The fourth-order valence-corrected chi connectivity index (χ4v) is 2.49. The Hall–Kier alpha value is -1.08. The highest BCUT2D eigenvalue weighted by Crippen LogP contribution is 2.27. The fourth-order valence-electron chi connectivity index (χ4n) is 2.49. The lowest BCUT2D eigenvalue weighted by atomic mass is 9.90. The van der Waals surface area contributed by atoms with Gasteiger partial charge in [0.15, 0.2) is 0 Å². The van der Waals surface area contributed by atoms with Gasteiger partial charge in [-0.05, 0) is 50.2 Å². The van der Waals surface area contributed by atoms with Crippen LogP contribution >= 0.6 is 0 Å². The lowest BCUT2D eigenvalue weighted by Gasteiger charge is -2.19. The SMILES string of the molecule is Cc1ccccc1C(N)CC1=CCCCC1. The normalized spacial score (nSPS) is 18.0. The Balaban J connectivity index is 2.05. The average Bonchev–Trinajstić information content (AvgIpc) is 2.31. The van der Waals surface area contributed by atoms with E-state index in [0.29, 0.717) is 0 Å². The number of allylic oxidation sites excluding steroid dienone is 1. The summed E-state index contributed by atoms with van der Waals surface area (Å²) in [5.41, 5.74) is 10.5. The van der Waals surface area contributed by atoms with Crippen molar-refractivity contribution in [3.63, 3.8) is 0 Å². The van der Waals surface area contributed by atoms with Crippen molar-refractivity contribution in [1.82, 2.24) is 0 Å². The summed E-state index contributed by atoms with van der Waals surface area (Å²) in [4.78, 5) is 0. The van der Waals surface area contributed by atoms with Crippen molar-refractivity contribution < 1.29 is 0 Å². The lowest BCUT2D eigenvalue weighted by Crippen LogP contribution is -2.13. The standard InChI is InChI=1S/C15H21N/c1-12-7-5-6-10-14(12)15(16)11-13-8-3-2-4-9-13/h5-8,10,15H,2-4,9,11,16H2,1H3. The maximum absolute atomic E-state index is 6.29. The number of rotatable bonds is 3. The zero-order valence-electron chi connectivity index (χ0n) is 10.1. The molecule has 16 heavy (non-hydrogen) atoms. The molecule has 1 heteroatoms. The first-order chi connectivity index (χ1) is 7.77. The summed E-state index contributed by atoms with van der Waals surface area (Å²) in [6.45, 7) is 2.14. The van der Waals surface area contributed by atoms with E-state index in [1.165, 1.54) is 36.8 Å². The molecule has 2 N–H and O–H groups in total. The van der Waals surface area contributed by atoms with Crippen LogP contribution in [-0.4, -0.2) is 0 Å². The number of nitrogens with two attached hydrogens (primary N) is 1. The van der Waals surface area contributed by atoms with Gasteiger partial charge in [0.05, 0.1) is 0 Å². The highest BCUT2D eigenvalue weighted by Gasteiger charge is 2.12. The molecule has 0 bridgehead atoms. The second-order valence-electron chi connectivity index (χ2n) is 4.78. The fraction of sp³-hybridized carbons (Fsp3) is 0.467. The van der Waals surface area contributed by atoms with Gasteiger partial charge >= 0.3 is 0 Å². The molecule has 0 saturated carbocycles. The second kappa shape index (κ2) is 5.31. The van der Waals surface area contributed by atoms with Crippen molar-refractivity contribution in [1.29, 1.82) is 0 Å². The summed E-state index contributed by atoms with van der Waals surface area (Å²) < 4.78 is 0. The maximum Gasteiger partial charge on any atom is 0.0335 e. The van der Waals surface area contributed by atoms with Crippen molar-refractivity contribution in [3.05, 3.63) is 47.0 Å². The molecule has 0 amide bonds. The summed E-state index contributed by atoms with van der Waals surface area (Å²) in [5.74, 6) is 0. The first-order valence-corrected chi connectivity index (χ1v) is 6.26. The van der Waals surface area contributed by atoms with Crippen LogP contribution in [-0.2, 0) is 0 Å². The van der Waals surface area contributed by atoms with Crippen LogP contribution in [0.1, 0.15) is 49.3 Å². The minimum absolute atomic E-state index is 0.172. The van der Waals surface area contributed by atoms with Gasteiger partial charge < -0.3 is 5.73 Å². The lowest BCUT2D eigenvalue weighted by molar-refractivity contribution is 0.627. The van der Waals surface area contributed by atoms with E-state index in [-0.39, 0.29) is 6.04 Å². The van der Waals surface area contributed by atoms with Crippen LogP contribution in [0.15, 0.2) is 35.9 Å². The zero-order chi connectivity index (χ0) is 11.4. The Morgan fingerprint density at radius 2 is 2.06 bits per heavy atom. The highest BCUT2D eigenvalue weighted by atomic mass is 14.6. The molecular weight excluding hydrogens is 194 g/mol. The molecule has 1 atom stereocenters. The monoisotopic (exact) mass is 215 g/mol. The van der Waals surface area contributed by atoms with Crippen molar-refractivity contribution in [2.75, 3.05) is 0 Å². The van der Waals surface area contributed by atoms with E-state index in [1.54, 1.807) is 5.57 Å². The molecule has 1 nitrogen and oxygen atoms in total. The molecule has 1 unspecified atom stereocenters. The van der Waals surface area contributed by atoms with Gasteiger partial charge in [0, 0.05) is 6.04 Å². The molecule has 0 heterocycles. The first-order valence-electron chi connectivity index (χ1n) is 6.26. The largest absolute Gasteiger partial charge is 0.324 e. The topological polar surface area (TPSA) is 26.0 Å². The Morgan fingerprint density at radius 1 is 1.25 bits per heavy atom. The van der Waals surface area contributed by atoms with Gasteiger partial charge in [-0.1, -0.05) is 35.9 Å². The minimum Gasteiger partial charge on any atom is -0.324 e. The Morgan fingerprint density at radius 3 is 2.75 bits per heavy atom. The molecule has 0 saturated heterocycles. The third-order valence-corrected chi connectivity index (χ3v) is 3.46. The Bertz CT molecular complexity index is 379. The molecule has 2 rings (SSSR count). The molecular formula is C15H21N. The van der Waals surface area contributed by atoms with Gasteiger partial charge in [0.25, 0.3) is 0 Å². The van der Waals surface area contributed by atoms with Gasteiger partial charge in [0.2, 0.25) is 0 Å². The van der Waals surface area contributed by atoms with E-state index < -0.39 is 0 Å². The van der Waals surface area contributed by atoms with Crippen molar-refractivity contribution >= 4 is 0 Å². The van der Waals surface area contributed by atoms with Gasteiger partial charge in [-0.15, -0.1) is 0 Å². The maximum atomic E-state index is 6.29. The van der Waals surface area contributed by atoms with Crippen LogP contribution in [0.5, 0.6) is 0 Å². The smallest absolute Gasteiger partial charge is 0.0335 e. The molecule has 1 aliphatic rings. The first kappa shape index (κ1) is 11.4. The number of benzene rings is 1. The Kier molecular flexibility index (Phi) is 3.79. The van der Waals surface area contributed by atoms with Crippen molar-refractivity contribution in [2.45, 2.75) is 45.1 Å². The predicted octanol–water partition coefficient (Wildman–Crippen LogP) is 3.89. The molecule has 0 spiro atoms. The van der Waals surface area contributed by atoms with Crippen LogP contribution < -0.4 is 5.73 Å². The molecule has 0 fully saturated rings. The summed E-state index contributed by atoms with van der Waals surface area (Å²) >= 11 is 0. The van der Waals surface area contributed by atoms with Crippen molar-refractivity contribution in [2.24, 2.45) is 5.73 Å². The number of hydrogen-bond donors (Lipinski definition) is 1. The molecule has 86 valence electrons. The van der Waals surface area contributed by atoms with E-state index in [1.807, 2.05) is 0 Å². The van der Waals surface area contributed by atoms with Crippen LogP contribution in [0, 0.1) is 6.92 Å². The molecule has 0 aromatic heterocycles. The summed E-state index contributed by atoms with van der Waals surface area (Å²) in [7, 11) is 0. The second-order valence-corrected chi connectivity index (χ2v) is 4.78. The number of aryl methyl sites for hydroxylation is 1. The summed E-state index contributed by atoms with van der Waals surface area (Å²) in [5, 5.41) is 0. The van der Waals surface area contributed by atoms with Crippen LogP contribution in [0.4, 0.5) is 0 Å². The van der Waals surface area contributed by atoms with Crippen LogP contribution in [0.25, 0.3) is 0 Å². The molecule has 0 aliphatic heterocycles. The molecule has 1 aromatic carbocycles. The van der Waals surface area contributed by atoms with Crippen molar-refractivity contribution in [3.8, 4) is 0 Å². The third kappa shape index (κ3) is 2.73. The summed E-state index contributed by atoms with van der Waals surface area (Å²) in [6.07, 6.45) is 8.61. The predicted molar refractivity (Wildman–Crippen MR) is 69.3 cm³/mol. The van der Waals surface area contributed by atoms with E-state index in [9.17, 15) is 0 Å². The van der Waals surface area contributed by atoms with Gasteiger partial charge in [-0.25, -0.2) is 0 Å². The quantitative estimate of drug-likeness (QED) is 0.761. The highest BCUT2D eigenvalue weighted by molar-refractivity contribution is 5.29. The minimum atomic E-state index is 0.172. The Labute approximate surface area is 98.4 Å². The van der Waals surface area contributed by atoms with Gasteiger partial charge in [0.1, 0.15) is 0 Å². The third-order valence-electron chi connectivity index (χ3n) is 3.46. The number of hydrogen-bond acceptors (Lipinski definition) is 1. The van der Waals surface area contributed by atoms with E-state index in [4.69, 9.17) is 5.73 Å². The summed E-state index contributed by atoms with van der Waals surface area (Å²) in [6, 6.07) is 8.63. The molecule has 1 aromatic rings. The van der Waals surface area contributed by atoms with Gasteiger partial charge in [-0.3, -0.25) is 0 Å². The van der Waals surface area contributed by atoms with E-state index in [0.717, 1.165) is 6.42 Å². The van der Waals surface area contributed by atoms with E-state index in [2.05, 4.69) is 37.3 Å². The molecule has 0 radical (unpaired) electrons.